The number of rotatable bonds is 4. The lowest BCUT2D eigenvalue weighted by Gasteiger charge is -2.38. The summed E-state index contributed by atoms with van der Waals surface area (Å²) in [7, 11) is -3.52. The standard InChI is InChI=1S/C22H35N3O3S/c1-17-15-18(2)21(19(3)16-17)29(27,28)25-13-11-23(12-14-25)20(4)22(26)24-9-7-5-6-8-10-24/h15-16,20H,5-14H2,1-4H3/t20-/m0/s1. The Kier molecular flexibility index (Phi) is 7.02. The first kappa shape index (κ1) is 22.2. The van der Waals surface area contributed by atoms with E-state index in [2.05, 4.69) is 4.90 Å². The molecule has 2 aliphatic rings. The molecule has 162 valence electrons. The predicted molar refractivity (Wildman–Crippen MR) is 115 cm³/mol. The molecule has 0 N–H and O–H groups in total. The van der Waals surface area contributed by atoms with Crippen LogP contribution in [0.1, 0.15) is 49.3 Å². The van der Waals surface area contributed by atoms with Crippen LogP contribution in [0.5, 0.6) is 0 Å². The average Bonchev–Trinajstić information content (AvgIpc) is 2.95. The first-order chi connectivity index (χ1) is 13.7. The lowest BCUT2D eigenvalue weighted by molar-refractivity contribution is -0.136. The Morgan fingerprint density at radius 1 is 0.862 bits per heavy atom. The molecule has 7 heteroatoms. The second-order valence-electron chi connectivity index (χ2n) is 8.58. The lowest BCUT2D eigenvalue weighted by Crippen LogP contribution is -2.55. The van der Waals surface area contributed by atoms with E-state index in [1.807, 2.05) is 44.7 Å². The molecule has 1 amide bonds. The SMILES string of the molecule is Cc1cc(C)c(S(=O)(=O)N2CCN([C@@H](C)C(=O)N3CCCCCC3)CC2)c(C)c1. The van der Waals surface area contributed by atoms with Crippen LogP contribution < -0.4 is 0 Å². The zero-order chi connectivity index (χ0) is 21.2. The van der Waals surface area contributed by atoms with E-state index >= 15 is 0 Å². The molecule has 1 aromatic rings. The normalized spacial score (nSPS) is 21.0. The highest BCUT2D eigenvalue weighted by molar-refractivity contribution is 7.89. The molecule has 0 aliphatic carbocycles. The van der Waals surface area contributed by atoms with Gasteiger partial charge in [-0.05, 0) is 51.7 Å². The number of aryl methyl sites for hydroxylation is 3. The number of hydrogen-bond donors (Lipinski definition) is 0. The molecule has 6 nitrogen and oxygen atoms in total. The fraction of sp³-hybridized carbons (Fsp3) is 0.682. The maximum absolute atomic E-state index is 13.3. The first-order valence-electron chi connectivity index (χ1n) is 10.8. The highest BCUT2D eigenvalue weighted by atomic mass is 32.2. The molecule has 2 saturated heterocycles. The second kappa shape index (κ2) is 9.14. The Hall–Kier alpha value is -1.44. The number of benzene rings is 1. The van der Waals surface area contributed by atoms with Crippen molar-refractivity contribution in [3.8, 4) is 0 Å². The van der Waals surface area contributed by atoms with Crippen molar-refractivity contribution in [2.24, 2.45) is 0 Å². The Morgan fingerprint density at radius 3 is 1.90 bits per heavy atom. The van der Waals surface area contributed by atoms with Crippen LogP contribution in [-0.4, -0.2) is 73.7 Å². The van der Waals surface area contributed by atoms with Gasteiger partial charge in [-0.25, -0.2) is 8.42 Å². The zero-order valence-corrected chi connectivity index (χ0v) is 19.1. The molecule has 0 aromatic heterocycles. The molecular formula is C22H35N3O3S. The summed E-state index contributed by atoms with van der Waals surface area (Å²) < 4.78 is 28.1. The highest BCUT2D eigenvalue weighted by Crippen LogP contribution is 2.26. The number of likely N-dealkylation sites (tertiary alicyclic amines) is 1. The van der Waals surface area contributed by atoms with Crippen LogP contribution in [0.15, 0.2) is 17.0 Å². The van der Waals surface area contributed by atoms with Gasteiger partial charge in [-0.3, -0.25) is 9.69 Å². The van der Waals surface area contributed by atoms with Gasteiger partial charge in [0.15, 0.2) is 0 Å². The molecule has 0 saturated carbocycles. The molecule has 29 heavy (non-hydrogen) atoms. The topological polar surface area (TPSA) is 60.9 Å². The molecule has 1 atom stereocenters. The van der Waals surface area contributed by atoms with Crippen LogP contribution in [0.4, 0.5) is 0 Å². The third-order valence-electron chi connectivity index (χ3n) is 6.30. The molecule has 0 radical (unpaired) electrons. The van der Waals surface area contributed by atoms with Crippen molar-refractivity contribution < 1.29 is 13.2 Å². The third kappa shape index (κ3) is 4.84. The molecule has 0 unspecified atom stereocenters. The van der Waals surface area contributed by atoms with Gasteiger partial charge in [0.25, 0.3) is 0 Å². The number of amides is 1. The molecule has 2 heterocycles. The van der Waals surface area contributed by atoms with Gasteiger partial charge in [-0.1, -0.05) is 30.5 Å². The molecule has 3 rings (SSSR count). The van der Waals surface area contributed by atoms with Crippen molar-refractivity contribution >= 4 is 15.9 Å². The van der Waals surface area contributed by atoms with Crippen molar-refractivity contribution in [1.82, 2.24) is 14.1 Å². The highest BCUT2D eigenvalue weighted by Gasteiger charge is 2.34. The molecule has 2 fully saturated rings. The van der Waals surface area contributed by atoms with E-state index in [0.717, 1.165) is 42.6 Å². The van der Waals surface area contributed by atoms with Gasteiger partial charge in [0.1, 0.15) is 0 Å². The van der Waals surface area contributed by atoms with Crippen molar-refractivity contribution in [3.63, 3.8) is 0 Å². The fourth-order valence-electron chi connectivity index (χ4n) is 4.75. The number of carbonyl (C=O) groups excluding carboxylic acids is 1. The maximum atomic E-state index is 13.3. The minimum absolute atomic E-state index is 0.188. The van der Waals surface area contributed by atoms with Gasteiger partial charge in [-0.15, -0.1) is 0 Å². The van der Waals surface area contributed by atoms with E-state index in [1.54, 1.807) is 4.31 Å². The monoisotopic (exact) mass is 421 g/mol. The molecule has 2 aliphatic heterocycles. The third-order valence-corrected chi connectivity index (χ3v) is 8.50. The van der Waals surface area contributed by atoms with Crippen LogP contribution in [0.25, 0.3) is 0 Å². The summed E-state index contributed by atoms with van der Waals surface area (Å²) in [6, 6.07) is 3.66. The fourth-order valence-corrected chi connectivity index (χ4v) is 6.58. The number of nitrogens with zero attached hydrogens (tertiary/aromatic N) is 3. The Labute approximate surface area is 175 Å². The smallest absolute Gasteiger partial charge is 0.243 e. The van der Waals surface area contributed by atoms with E-state index < -0.39 is 10.0 Å². The van der Waals surface area contributed by atoms with Crippen LogP contribution in [-0.2, 0) is 14.8 Å². The van der Waals surface area contributed by atoms with Crippen LogP contribution in [0.2, 0.25) is 0 Å². The van der Waals surface area contributed by atoms with E-state index in [0.29, 0.717) is 31.1 Å². The minimum atomic E-state index is -3.52. The van der Waals surface area contributed by atoms with Gasteiger partial charge >= 0.3 is 0 Å². The molecule has 0 spiro atoms. The molecule has 0 bridgehead atoms. The Balaban J connectivity index is 1.66. The predicted octanol–water partition coefficient (Wildman–Crippen LogP) is 2.71. The maximum Gasteiger partial charge on any atom is 0.243 e. The summed E-state index contributed by atoms with van der Waals surface area (Å²) in [5.74, 6) is 0.188. The van der Waals surface area contributed by atoms with Gasteiger partial charge in [0.2, 0.25) is 15.9 Å². The second-order valence-corrected chi connectivity index (χ2v) is 10.5. The van der Waals surface area contributed by atoms with E-state index in [4.69, 9.17) is 0 Å². The van der Waals surface area contributed by atoms with E-state index in [9.17, 15) is 13.2 Å². The van der Waals surface area contributed by atoms with Crippen LogP contribution >= 0.6 is 0 Å². The number of hydrogen-bond acceptors (Lipinski definition) is 4. The summed E-state index contributed by atoms with van der Waals surface area (Å²) in [6.07, 6.45) is 4.57. The Bertz CT molecular complexity index is 814. The summed E-state index contributed by atoms with van der Waals surface area (Å²) in [5.41, 5.74) is 2.67. The quantitative estimate of drug-likeness (QED) is 0.750. The van der Waals surface area contributed by atoms with Gasteiger partial charge in [0.05, 0.1) is 10.9 Å². The number of sulfonamides is 1. The number of piperazine rings is 1. The summed E-state index contributed by atoms with van der Waals surface area (Å²) in [6.45, 7) is 11.4. The van der Waals surface area contributed by atoms with Crippen molar-refractivity contribution in [3.05, 3.63) is 28.8 Å². The van der Waals surface area contributed by atoms with Crippen molar-refractivity contribution in [2.45, 2.75) is 64.3 Å². The Morgan fingerprint density at radius 2 is 1.38 bits per heavy atom. The van der Waals surface area contributed by atoms with E-state index in [1.165, 1.54) is 12.8 Å². The van der Waals surface area contributed by atoms with E-state index in [-0.39, 0.29) is 11.9 Å². The van der Waals surface area contributed by atoms with Gasteiger partial charge in [-0.2, -0.15) is 4.31 Å². The van der Waals surface area contributed by atoms with Crippen molar-refractivity contribution in [2.75, 3.05) is 39.3 Å². The number of carbonyl (C=O) groups is 1. The van der Waals surface area contributed by atoms with Crippen LogP contribution in [0.3, 0.4) is 0 Å². The zero-order valence-electron chi connectivity index (χ0n) is 18.3. The molecule has 1 aromatic carbocycles. The van der Waals surface area contributed by atoms with Crippen LogP contribution in [0, 0.1) is 20.8 Å². The van der Waals surface area contributed by atoms with Crippen molar-refractivity contribution in [1.29, 1.82) is 0 Å². The van der Waals surface area contributed by atoms with Gasteiger partial charge < -0.3 is 4.90 Å². The first-order valence-corrected chi connectivity index (χ1v) is 12.3. The molecular weight excluding hydrogens is 386 g/mol. The summed E-state index contributed by atoms with van der Waals surface area (Å²) in [5, 5.41) is 0. The lowest BCUT2D eigenvalue weighted by atomic mass is 10.1. The largest absolute Gasteiger partial charge is 0.341 e. The summed E-state index contributed by atoms with van der Waals surface area (Å²) >= 11 is 0. The average molecular weight is 422 g/mol. The summed E-state index contributed by atoms with van der Waals surface area (Å²) in [4.78, 5) is 17.5. The minimum Gasteiger partial charge on any atom is -0.341 e. The van der Waals surface area contributed by atoms with Gasteiger partial charge in [0, 0.05) is 39.3 Å².